The summed E-state index contributed by atoms with van der Waals surface area (Å²) in [4.78, 5) is 12.9. The van der Waals surface area contributed by atoms with Gasteiger partial charge in [0.1, 0.15) is 5.69 Å². The zero-order valence-corrected chi connectivity index (χ0v) is 19.6. The summed E-state index contributed by atoms with van der Waals surface area (Å²) in [6.07, 6.45) is 5.40. The molecule has 1 saturated carbocycles. The smallest absolute Gasteiger partial charge is 0.270 e. The first-order valence-corrected chi connectivity index (χ1v) is 12.1. The van der Waals surface area contributed by atoms with E-state index in [0.717, 1.165) is 34.0 Å². The Balaban J connectivity index is 1.91. The van der Waals surface area contributed by atoms with Crippen LogP contribution in [0, 0.1) is 0 Å². The zero-order valence-electron chi connectivity index (χ0n) is 17.2. The number of carbonyl (C=O) groups is 1. The van der Waals surface area contributed by atoms with Gasteiger partial charge in [0.05, 0.1) is 16.9 Å². The molecule has 1 aliphatic rings. The van der Waals surface area contributed by atoms with Gasteiger partial charge in [-0.3, -0.25) is 4.79 Å². The van der Waals surface area contributed by atoms with Crippen molar-refractivity contribution in [2.75, 3.05) is 30.7 Å². The molecule has 0 saturated heterocycles. The Bertz CT molecular complexity index is 1060. The van der Waals surface area contributed by atoms with E-state index in [-0.39, 0.29) is 5.91 Å². The molecule has 1 aromatic heterocycles. The van der Waals surface area contributed by atoms with Crippen molar-refractivity contribution in [3.05, 3.63) is 52.1 Å². The summed E-state index contributed by atoms with van der Waals surface area (Å²) in [5, 5.41) is 8.52. The van der Waals surface area contributed by atoms with Crippen LogP contribution in [0.5, 0.6) is 0 Å². The summed E-state index contributed by atoms with van der Waals surface area (Å²) in [6.45, 7) is 1.55. The van der Waals surface area contributed by atoms with E-state index in [2.05, 4.69) is 43.9 Å². The van der Waals surface area contributed by atoms with Crippen LogP contribution >= 0.6 is 27.9 Å². The number of nitrogens with two attached hydrogens (primary N) is 1. The Morgan fingerprint density at radius 1 is 1.33 bits per heavy atom. The lowest BCUT2D eigenvalue weighted by atomic mass is 10.0. The summed E-state index contributed by atoms with van der Waals surface area (Å²) < 4.78 is 5.04. The minimum atomic E-state index is -0.139. The van der Waals surface area contributed by atoms with Crippen molar-refractivity contribution in [2.45, 2.75) is 25.2 Å². The predicted octanol–water partition coefficient (Wildman–Crippen LogP) is 4.46. The number of carbonyl (C=O) groups excluding carboxylic acids is 1. The van der Waals surface area contributed by atoms with Gasteiger partial charge in [-0.25, -0.2) is 4.68 Å². The maximum Gasteiger partial charge on any atom is 0.270 e. The van der Waals surface area contributed by atoms with E-state index in [9.17, 15) is 4.79 Å². The van der Waals surface area contributed by atoms with Crippen molar-refractivity contribution in [3.63, 3.8) is 0 Å². The molecule has 1 amide bonds. The first kappa shape index (κ1) is 21.2. The lowest BCUT2D eigenvalue weighted by Gasteiger charge is -2.24. The fourth-order valence-electron chi connectivity index (χ4n) is 3.73. The lowest BCUT2D eigenvalue weighted by molar-refractivity contribution is 0.0957. The highest BCUT2D eigenvalue weighted by Crippen LogP contribution is 2.47. The molecular formula is C22H26BrN5OS. The number of amides is 1. The van der Waals surface area contributed by atoms with Crippen molar-refractivity contribution < 1.29 is 4.79 Å². The SMILES string of the molecule is CNC(=O)c1c2cc(C3CC3)c(N(CCCN)SC)cc2nn1-c1ccc(Br)cc1. The molecule has 2 aromatic carbocycles. The average molecular weight is 488 g/mol. The average Bonchev–Trinajstić information content (AvgIpc) is 3.54. The fourth-order valence-corrected chi connectivity index (χ4v) is 4.66. The Hall–Kier alpha value is -2.03. The number of halogens is 1. The number of nitrogens with one attached hydrogen (secondary N) is 1. The van der Waals surface area contributed by atoms with Gasteiger partial charge in [0.15, 0.2) is 0 Å². The first-order valence-electron chi connectivity index (χ1n) is 10.1. The third kappa shape index (κ3) is 4.08. The highest BCUT2D eigenvalue weighted by atomic mass is 79.9. The van der Waals surface area contributed by atoms with Crippen molar-refractivity contribution >= 4 is 50.4 Å². The maximum absolute atomic E-state index is 12.9. The van der Waals surface area contributed by atoms with Crippen LogP contribution in [-0.2, 0) is 0 Å². The van der Waals surface area contributed by atoms with Crippen LogP contribution in [0.3, 0.4) is 0 Å². The Kier molecular flexibility index (Phi) is 6.36. The topological polar surface area (TPSA) is 76.2 Å². The van der Waals surface area contributed by atoms with E-state index in [4.69, 9.17) is 10.8 Å². The standard InChI is InChI=1S/C22H26BrN5OS/c1-25-22(29)21-18-12-17(14-4-5-14)20(27(30-2)11-3-10-24)13-19(18)26-28(21)16-8-6-15(23)7-9-16/h6-9,12-14H,3-5,10-11,24H2,1-2H3,(H,25,29). The molecule has 0 spiro atoms. The molecule has 0 unspecified atom stereocenters. The second-order valence-electron chi connectivity index (χ2n) is 7.45. The second kappa shape index (κ2) is 8.99. The van der Waals surface area contributed by atoms with Crippen molar-refractivity contribution in [2.24, 2.45) is 5.73 Å². The van der Waals surface area contributed by atoms with E-state index in [0.29, 0.717) is 18.2 Å². The molecule has 4 rings (SSSR count). The largest absolute Gasteiger partial charge is 0.354 e. The maximum atomic E-state index is 12.9. The molecule has 0 aliphatic heterocycles. The van der Waals surface area contributed by atoms with Crippen LogP contribution in [0.25, 0.3) is 16.6 Å². The number of benzene rings is 2. The molecule has 0 atom stereocenters. The molecule has 0 radical (unpaired) electrons. The van der Waals surface area contributed by atoms with Gasteiger partial charge >= 0.3 is 0 Å². The fraction of sp³-hybridized carbons (Fsp3) is 0.364. The van der Waals surface area contributed by atoms with Crippen molar-refractivity contribution in [3.8, 4) is 5.69 Å². The van der Waals surface area contributed by atoms with E-state index >= 15 is 0 Å². The molecule has 8 heteroatoms. The summed E-state index contributed by atoms with van der Waals surface area (Å²) in [5.41, 5.74) is 10.5. The molecule has 1 aliphatic carbocycles. The number of hydrogen-bond donors (Lipinski definition) is 2. The van der Waals surface area contributed by atoms with Crippen LogP contribution in [0.15, 0.2) is 40.9 Å². The second-order valence-corrected chi connectivity index (χ2v) is 9.17. The summed E-state index contributed by atoms with van der Waals surface area (Å²) >= 11 is 5.18. The zero-order chi connectivity index (χ0) is 21.3. The van der Waals surface area contributed by atoms with Gasteiger partial charge in [-0.1, -0.05) is 27.9 Å². The quantitative estimate of drug-likeness (QED) is 0.458. The Morgan fingerprint density at radius 3 is 2.67 bits per heavy atom. The molecule has 3 aromatic rings. The lowest BCUT2D eigenvalue weighted by Crippen LogP contribution is -2.22. The van der Waals surface area contributed by atoms with Gasteiger partial charge < -0.3 is 15.4 Å². The molecule has 6 nitrogen and oxygen atoms in total. The van der Waals surface area contributed by atoms with Gasteiger partial charge in [-0.15, -0.1) is 0 Å². The number of nitrogens with zero attached hydrogens (tertiary/aromatic N) is 3. The molecule has 3 N–H and O–H groups in total. The Labute approximate surface area is 189 Å². The van der Waals surface area contributed by atoms with Crippen LogP contribution in [0.1, 0.15) is 41.2 Å². The number of aromatic nitrogens is 2. The van der Waals surface area contributed by atoms with Crippen LogP contribution in [-0.4, -0.2) is 42.1 Å². The van der Waals surface area contributed by atoms with Crippen molar-refractivity contribution in [1.29, 1.82) is 0 Å². The minimum absolute atomic E-state index is 0.139. The third-order valence-corrected chi connectivity index (χ3v) is 6.75. The molecule has 158 valence electrons. The Morgan fingerprint density at radius 2 is 2.07 bits per heavy atom. The predicted molar refractivity (Wildman–Crippen MR) is 129 cm³/mol. The van der Waals surface area contributed by atoms with E-state index < -0.39 is 0 Å². The minimum Gasteiger partial charge on any atom is -0.354 e. The highest BCUT2D eigenvalue weighted by Gasteiger charge is 2.30. The molecular weight excluding hydrogens is 462 g/mol. The number of fused-ring (bicyclic) bond motifs is 1. The van der Waals surface area contributed by atoms with Gasteiger partial charge in [0.25, 0.3) is 5.91 Å². The number of anilines is 1. The van der Waals surface area contributed by atoms with Crippen molar-refractivity contribution in [1.82, 2.24) is 15.1 Å². The van der Waals surface area contributed by atoms with Crippen LogP contribution in [0.2, 0.25) is 0 Å². The van der Waals surface area contributed by atoms with Gasteiger partial charge in [-0.05, 0) is 73.7 Å². The molecule has 1 fully saturated rings. The van der Waals surface area contributed by atoms with Gasteiger partial charge in [0, 0.05) is 29.7 Å². The highest BCUT2D eigenvalue weighted by molar-refractivity contribution is 9.10. The summed E-state index contributed by atoms with van der Waals surface area (Å²) in [7, 11) is 1.66. The van der Waals surface area contributed by atoms with E-state index in [1.54, 1.807) is 23.7 Å². The van der Waals surface area contributed by atoms with Crippen LogP contribution in [0.4, 0.5) is 5.69 Å². The number of rotatable bonds is 8. The monoisotopic (exact) mass is 487 g/mol. The molecule has 0 bridgehead atoms. The summed E-state index contributed by atoms with van der Waals surface area (Å²) in [5.74, 6) is 0.408. The number of hydrogen-bond acceptors (Lipinski definition) is 5. The normalized spacial score (nSPS) is 13.6. The van der Waals surface area contributed by atoms with Crippen LogP contribution < -0.4 is 15.4 Å². The molecule has 30 heavy (non-hydrogen) atoms. The van der Waals surface area contributed by atoms with E-state index in [1.165, 1.54) is 24.1 Å². The van der Waals surface area contributed by atoms with Gasteiger partial charge in [-0.2, -0.15) is 5.10 Å². The molecule has 1 heterocycles. The third-order valence-electron chi connectivity index (χ3n) is 5.40. The van der Waals surface area contributed by atoms with Gasteiger partial charge in [0.2, 0.25) is 0 Å². The summed E-state index contributed by atoms with van der Waals surface area (Å²) in [6, 6.07) is 12.1. The van der Waals surface area contributed by atoms with E-state index in [1.807, 2.05) is 24.3 Å². The first-order chi connectivity index (χ1) is 14.6.